The summed E-state index contributed by atoms with van der Waals surface area (Å²) in [6, 6.07) is 14.5. The van der Waals surface area contributed by atoms with E-state index in [1.54, 1.807) is 47.8 Å². The van der Waals surface area contributed by atoms with Crippen molar-refractivity contribution >= 4 is 64.2 Å². The standard InChI is InChI=1S/C20H13Cl2N3O4S/c21-13-7-8-14(22)15(10-13)24-18(26)19(27)25-23-11-12-4-1-2-5-16(12)29-20(28)17-6-3-9-30-17/h1-11H,(H,24,26)(H,25,27). The third-order valence-corrected chi connectivity index (χ3v) is 5.01. The predicted molar refractivity (Wildman–Crippen MR) is 117 cm³/mol. The van der Waals surface area contributed by atoms with Crippen LogP contribution in [0.15, 0.2) is 65.1 Å². The Hall–Kier alpha value is -3.20. The van der Waals surface area contributed by atoms with E-state index in [0.29, 0.717) is 15.5 Å². The summed E-state index contributed by atoms with van der Waals surface area (Å²) >= 11 is 13.1. The van der Waals surface area contributed by atoms with Gasteiger partial charge in [0.05, 0.1) is 16.9 Å². The SMILES string of the molecule is O=C(NN=Cc1ccccc1OC(=O)c1cccs1)C(=O)Nc1cc(Cl)ccc1Cl. The summed E-state index contributed by atoms with van der Waals surface area (Å²) in [6.45, 7) is 0. The van der Waals surface area contributed by atoms with Gasteiger partial charge in [0.2, 0.25) is 0 Å². The van der Waals surface area contributed by atoms with Gasteiger partial charge < -0.3 is 10.1 Å². The van der Waals surface area contributed by atoms with Gasteiger partial charge in [-0.1, -0.05) is 41.4 Å². The molecule has 2 amide bonds. The van der Waals surface area contributed by atoms with Crippen molar-refractivity contribution in [2.75, 3.05) is 5.32 Å². The lowest BCUT2D eigenvalue weighted by atomic mass is 10.2. The summed E-state index contributed by atoms with van der Waals surface area (Å²) < 4.78 is 5.36. The van der Waals surface area contributed by atoms with E-state index in [1.165, 1.54) is 29.7 Å². The van der Waals surface area contributed by atoms with Crippen LogP contribution in [-0.4, -0.2) is 24.0 Å². The fourth-order valence-corrected chi connectivity index (χ4v) is 3.14. The van der Waals surface area contributed by atoms with E-state index in [9.17, 15) is 14.4 Å². The molecule has 0 aliphatic rings. The van der Waals surface area contributed by atoms with Crippen molar-refractivity contribution in [3.05, 3.63) is 80.5 Å². The van der Waals surface area contributed by atoms with E-state index in [0.717, 1.165) is 0 Å². The van der Waals surface area contributed by atoms with Gasteiger partial charge in [0.15, 0.2) is 0 Å². The maximum Gasteiger partial charge on any atom is 0.353 e. The van der Waals surface area contributed by atoms with Crippen molar-refractivity contribution in [2.45, 2.75) is 0 Å². The summed E-state index contributed by atoms with van der Waals surface area (Å²) in [7, 11) is 0. The molecule has 1 aromatic heterocycles. The Morgan fingerprint density at radius 3 is 2.57 bits per heavy atom. The molecule has 2 N–H and O–H groups in total. The molecule has 0 bridgehead atoms. The Kier molecular flexibility index (Phi) is 7.18. The lowest BCUT2D eigenvalue weighted by Gasteiger charge is -2.07. The largest absolute Gasteiger partial charge is 0.422 e. The summed E-state index contributed by atoms with van der Waals surface area (Å²) in [4.78, 5) is 36.5. The molecule has 0 aliphatic carbocycles. The average molecular weight is 462 g/mol. The Bertz CT molecular complexity index is 1120. The molecule has 0 saturated heterocycles. The van der Waals surface area contributed by atoms with Crippen LogP contribution < -0.4 is 15.5 Å². The molecule has 0 aliphatic heterocycles. The molecule has 0 saturated carbocycles. The number of hydrazone groups is 1. The third kappa shape index (κ3) is 5.66. The Morgan fingerprint density at radius 1 is 1.00 bits per heavy atom. The van der Waals surface area contributed by atoms with E-state index in [2.05, 4.69) is 15.8 Å². The van der Waals surface area contributed by atoms with Gasteiger partial charge in [-0.2, -0.15) is 5.10 Å². The van der Waals surface area contributed by atoms with E-state index in [1.807, 2.05) is 0 Å². The van der Waals surface area contributed by atoms with Crippen molar-refractivity contribution in [2.24, 2.45) is 5.10 Å². The summed E-state index contributed by atoms with van der Waals surface area (Å²) in [5.41, 5.74) is 2.72. The van der Waals surface area contributed by atoms with Crippen molar-refractivity contribution in [3.8, 4) is 5.75 Å². The lowest BCUT2D eigenvalue weighted by Crippen LogP contribution is -2.32. The van der Waals surface area contributed by atoms with Gasteiger partial charge in [0.1, 0.15) is 10.6 Å². The van der Waals surface area contributed by atoms with Crippen LogP contribution in [-0.2, 0) is 9.59 Å². The topological polar surface area (TPSA) is 96.9 Å². The molecule has 30 heavy (non-hydrogen) atoms. The highest BCUT2D eigenvalue weighted by Crippen LogP contribution is 2.25. The number of thiophene rings is 1. The number of hydrogen-bond donors (Lipinski definition) is 2. The van der Waals surface area contributed by atoms with E-state index < -0.39 is 17.8 Å². The van der Waals surface area contributed by atoms with Crippen LogP contribution in [0, 0.1) is 0 Å². The van der Waals surface area contributed by atoms with Gasteiger partial charge in [-0.3, -0.25) is 9.59 Å². The minimum Gasteiger partial charge on any atom is -0.422 e. The molecule has 0 radical (unpaired) electrons. The zero-order valence-electron chi connectivity index (χ0n) is 15.1. The molecule has 0 atom stereocenters. The van der Waals surface area contributed by atoms with E-state index in [-0.39, 0.29) is 16.5 Å². The van der Waals surface area contributed by atoms with Crippen LogP contribution in [0.5, 0.6) is 5.75 Å². The first-order chi connectivity index (χ1) is 14.4. The highest BCUT2D eigenvalue weighted by Gasteiger charge is 2.15. The molecule has 3 rings (SSSR count). The number of nitrogens with zero attached hydrogens (tertiary/aromatic N) is 1. The van der Waals surface area contributed by atoms with E-state index in [4.69, 9.17) is 27.9 Å². The molecular weight excluding hydrogens is 449 g/mol. The van der Waals surface area contributed by atoms with Gasteiger partial charge in [-0.25, -0.2) is 10.2 Å². The zero-order chi connectivity index (χ0) is 21.5. The molecule has 152 valence electrons. The number of ether oxygens (including phenoxy) is 1. The number of carbonyl (C=O) groups excluding carboxylic acids is 3. The lowest BCUT2D eigenvalue weighted by molar-refractivity contribution is -0.136. The van der Waals surface area contributed by atoms with Crippen LogP contribution in [0.4, 0.5) is 5.69 Å². The number of nitrogens with one attached hydrogen (secondary N) is 2. The maximum atomic E-state index is 12.1. The first kappa shape index (κ1) is 21.5. The first-order valence-electron chi connectivity index (χ1n) is 8.38. The quantitative estimate of drug-likeness (QED) is 0.194. The smallest absolute Gasteiger partial charge is 0.353 e. The molecule has 7 nitrogen and oxygen atoms in total. The Morgan fingerprint density at radius 2 is 1.80 bits per heavy atom. The molecule has 10 heteroatoms. The van der Waals surface area contributed by atoms with Crippen LogP contribution in [0.2, 0.25) is 10.0 Å². The highest BCUT2D eigenvalue weighted by molar-refractivity contribution is 7.12. The molecule has 3 aromatic rings. The van der Waals surface area contributed by atoms with Crippen LogP contribution in [0.25, 0.3) is 0 Å². The molecule has 0 spiro atoms. The first-order valence-corrected chi connectivity index (χ1v) is 10.0. The number of para-hydroxylation sites is 1. The number of esters is 1. The third-order valence-electron chi connectivity index (χ3n) is 3.60. The Balaban J connectivity index is 1.62. The van der Waals surface area contributed by atoms with Crippen LogP contribution in [0.3, 0.4) is 0 Å². The molecular formula is C20H13Cl2N3O4S. The van der Waals surface area contributed by atoms with Crippen LogP contribution >= 0.6 is 34.5 Å². The Labute approximate surface area is 185 Å². The fourth-order valence-electron chi connectivity index (χ4n) is 2.21. The number of rotatable bonds is 5. The predicted octanol–water partition coefficient (Wildman–Crippen LogP) is 4.36. The van der Waals surface area contributed by atoms with Gasteiger partial charge >= 0.3 is 17.8 Å². The summed E-state index contributed by atoms with van der Waals surface area (Å²) in [5, 5.41) is 8.43. The van der Waals surface area contributed by atoms with E-state index >= 15 is 0 Å². The average Bonchev–Trinajstić information content (AvgIpc) is 3.27. The minimum absolute atomic E-state index is 0.194. The van der Waals surface area contributed by atoms with Crippen molar-refractivity contribution in [1.82, 2.24) is 5.43 Å². The number of hydrogen-bond acceptors (Lipinski definition) is 6. The zero-order valence-corrected chi connectivity index (χ0v) is 17.4. The van der Waals surface area contributed by atoms with Crippen molar-refractivity contribution in [1.29, 1.82) is 0 Å². The summed E-state index contributed by atoms with van der Waals surface area (Å²) in [5.74, 6) is -2.25. The number of halogens is 2. The van der Waals surface area contributed by atoms with Crippen molar-refractivity contribution in [3.63, 3.8) is 0 Å². The normalized spacial score (nSPS) is 10.6. The van der Waals surface area contributed by atoms with Gasteiger partial charge in [0.25, 0.3) is 0 Å². The monoisotopic (exact) mass is 461 g/mol. The minimum atomic E-state index is -1.02. The van der Waals surface area contributed by atoms with Gasteiger partial charge in [-0.05, 0) is 41.8 Å². The molecule has 2 aromatic carbocycles. The van der Waals surface area contributed by atoms with Crippen molar-refractivity contribution < 1.29 is 19.1 Å². The molecule has 0 unspecified atom stereocenters. The molecule has 0 fully saturated rings. The highest BCUT2D eigenvalue weighted by atomic mass is 35.5. The number of anilines is 1. The second kappa shape index (κ2) is 10.0. The second-order valence-electron chi connectivity index (χ2n) is 5.68. The fraction of sp³-hybridized carbons (Fsp3) is 0. The van der Waals surface area contributed by atoms with Gasteiger partial charge in [0, 0.05) is 10.6 Å². The second-order valence-corrected chi connectivity index (χ2v) is 7.47. The number of carbonyl (C=O) groups is 3. The molecule has 1 heterocycles. The number of benzene rings is 2. The number of amides is 2. The summed E-state index contributed by atoms with van der Waals surface area (Å²) in [6.07, 6.45) is 1.26. The van der Waals surface area contributed by atoms with Gasteiger partial charge in [-0.15, -0.1) is 11.3 Å². The maximum absolute atomic E-state index is 12.1. The van der Waals surface area contributed by atoms with Crippen LogP contribution in [0.1, 0.15) is 15.2 Å².